The molecule has 140 valence electrons. The smallest absolute Gasteiger partial charge is 0.225 e. The first-order chi connectivity index (χ1) is 12.7. The van der Waals surface area contributed by atoms with Crippen molar-refractivity contribution in [1.29, 1.82) is 0 Å². The van der Waals surface area contributed by atoms with Crippen molar-refractivity contribution in [3.8, 4) is 5.88 Å². The van der Waals surface area contributed by atoms with E-state index in [1.807, 2.05) is 18.2 Å². The van der Waals surface area contributed by atoms with Gasteiger partial charge in [-0.05, 0) is 37.8 Å². The van der Waals surface area contributed by atoms with E-state index in [0.717, 1.165) is 68.7 Å². The Morgan fingerprint density at radius 2 is 2.00 bits per heavy atom. The molecule has 0 aromatic carbocycles. The largest absolute Gasteiger partial charge is 0.616 e. The molecular formula is C19H25N3O3S. The molecule has 1 saturated carbocycles. The fourth-order valence-corrected chi connectivity index (χ4v) is 4.65. The van der Waals surface area contributed by atoms with Crippen LogP contribution >= 0.6 is 0 Å². The average Bonchev–Trinajstić information content (AvgIpc) is 2.69. The molecule has 1 saturated heterocycles. The maximum absolute atomic E-state index is 11.7. The number of ether oxygens (including phenoxy) is 2. The number of aromatic nitrogens is 2. The maximum Gasteiger partial charge on any atom is 0.225 e. The van der Waals surface area contributed by atoms with Gasteiger partial charge < -0.3 is 18.9 Å². The molecule has 4 rings (SSSR count). The number of anilines is 1. The highest BCUT2D eigenvalue weighted by Crippen LogP contribution is 2.32. The van der Waals surface area contributed by atoms with Crippen molar-refractivity contribution in [2.75, 3.05) is 37.5 Å². The number of hydrogen-bond donors (Lipinski definition) is 0. The van der Waals surface area contributed by atoms with Crippen LogP contribution in [0.15, 0.2) is 24.4 Å². The van der Waals surface area contributed by atoms with Crippen LogP contribution in [0.5, 0.6) is 5.88 Å². The van der Waals surface area contributed by atoms with Crippen molar-refractivity contribution in [2.24, 2.45) is 0 Å². The van der Waals surface area contributed by atoms with Crippen molar-refractivity contribution in [1.82, 2.24) is 9.97 Å². The summed E-state index contributed by atoms with van der Waals surface area (Å²) in [6.45, 7) is 3.10. The summed E-state index contributed by atoms with van der Waals surface area (Å²) in [5, 5.41) is 1.26. The fraction of sp³-hybridized carbons (Fsp3) is 0.579. The van der Waals surface area contributed by atoms with Crippen LogP contribution in [0.1, 0.15) is 25.7 Å². The second kappa shape index (κ2) is 7.98. The van der Waals surface area contributed by atoms with Crippen molar-refractivity contribution >= 4 is 27.9 Å². The molecule has 2 aromatic heterocycles. The Balaban J connectivity index is 1.57. The second-order valence-corrected chi connectivity index (χ2v) is 8.63. The average molecular weight is 375 g/mol. The molecule has 7 heteroatoms. The lowest BCUT2D eigenvalue weighted by molar-refractivity contribution is 0.122. The summed E-state index contributed by atoms with van der Waals surface area (Å²) in [5.74, 6) is 1.57. The van der Waals surface area contributed by atoms with Crippen molar-refractivity contribution in [3.63, 3.8) is 0 Å². The molecule has 1 aliphatic carbocycles. The van der Waals surface area contributed by atoms with Gasteiger partial charge in [0.15, 0.2) is 0 Å². The van der Waals surface area contributed by atoms with E-state index in [-0.39, 0.29) is 6.10 Å². The van der Waals surface area contributed by atoms with Crippen LogP contribution in [0.25, 0.3) is 10.9 Å². The molecule has 2 aliphatic rings. The molecule has 1 aliphatic heterocycles. The number of nitrogens with zero attached hydrogens (tertiary/aromatic N) is 3. The Morgan fingerprint density at radius 1 is 1.23 bits per heavy atom. The van der Waals surface area contributed by atoms with Gasteiger partial charge in [-0.2, -0.15) is 4.98 Å². The van der Waals surface area contributed by atoms with E-state index in [2.05, 4.69) is 9.88 Å². The van der Waals surface area contributed by atoms with E-state index in [1.165, 1.54) is 0 Å². The lowest BCUT2D eigenvalue weighted by atomic mass is 9.97. The van der Waals surface area contributed by atoms with Crippen molar-refractivity contribution < 1.29 is 14.0 Å². The summed E-state index contributed by atoms with van der Waals surface area (Å²) in [6.07, 6.45) is 7.49. The quantitative estimate of drug-likeness (QED) is 0.765. The molecule has 3 heterocycles. The van der Waals surface area contributed by atoms with Gasteiger partial charge in [0.25, 0.3) is 0 Å². The van der Waals surface area contributed by atoms with Crippen LogP contribution in [0.4, 0.5) is 5.82 Å². The fourth-order valence-electron chi connectivity index (χ4n) is 3.72. The minimum Gasteiger partial charge on any atom is -0.616 e. The van der Waals surface area contributed by atoms with Crippen molar-refractivity contribution in [3.05, 3.63) is 24.4 Å². The summed E-state index contributed by atoms with van der Waals surface area (Å²) < 4.78 is 23.5. The zero-order chi connectivity index (χ0) is 17.9. The second-order valence-electron chi connectivity index (χ2n) is 6.97. The molecule has 2 fully saturated rings. The minimum atomic E-state index is -0.742. The van der Waals surface area contributed by atoms with Gasteiger partial charge in [0, 0.05) is 25.4 Å². The number of hydrogen-bond acceptors (Lipinski definition) is 6. The van der Waals surface area contributed by atoms with E-state index in [4.69, 9.17) is 14.5 Å². The third-order valence-corrected chi connectivity index (χ3v) is 6.67. The van der Waals surface area contributed by atoms with E-state index < -0.39 is 11.2 Å². The van der Waals surface area contributed by atoms with E-state index in [1.54, 1.807) is 12.5 Å². The normalized spacial score (nSPS) is 25.2. The predicted molar refractivity (Wildman–Crippen MR) is 103 cm³/mol. The highest BCUT2D eigenvalue weighted by Gasteiger charge is 2.28. The van der Waals surface area contributed by atoms with Gasteiger partial charge in [0.2, 0.25) is 5.88 Å². The van der Waals surface area contributed by atoms with Gasteiger partial charge >= 0.3 is 0 Å². The monoisotopic (exact) mass is 375 g/mol. The van der Waals surface area contributed by atoms with Gasteiger partial charge in [-0.1, -0.05) is 11.2 Å². The van der Waals surface area contributed by atoms with E-state index in [0.29, 0.717) is 11.1 Å². The molecule has 0 N–H and O–H groups in total. The van der Waals surface area contributed by atoms with Gasteiger partial charge in [-0.25, -0.2) is 0 Å². The van der Waals surface area contributed by atoms with Crippen LogP contribution < -0.4 is 9.64 Å². The Kier molecular flexibility index (Phi) is 5.47. The highest BCUT2D eigenvalue weighted by atomic mass is 32.2. The lowest BCUT2D eigenvalue weighted by Crippen LogP contribution is -2.37. The van der Waals surface area contributed by atoms with Gasteiger partial charge in [-0.3, -0.25) is 4.98 Å². The SMILES string of the molecule is C[S+]([O-])C1CCC(Oc2nc(N3CCOCC3)cc3ncccc23)CC1. The lowest BCUT2D eigenvalue weighted by Gasteiger charge is -2.30. The standard InChI is InChI=1S/C19H25N3O3S/c1-26(23)15-6-4-14(5-7-15)25-19-16-3-2-8-20-17(16)13-18(21-19)22-9-11-24-12-10-22/h2-3,8,13-15H,4-7,9-12H2,1H3. The molecule has 26 heavy (non-hydrogen) atoms. The summed E-state index contributed by atoms with van der Waals surface area (Å²) >= 11 is -0.742. The first kappa shape index (κ1) is 17.8. The predicted octanol–water partition coefficient (Wildman–Crippen LogP) is 2.53. The molecule has 0 bridgehead atoms. The summed E-state index contributed by atoms with van der Waals surface area (Å²) in [4.78, 5) is 11.6. The zero-order valence-corrected chi connectivity index (χ0v) is 15.9. The van der Waals surface area contributed by atoms with Gasteiger partial charge in [-0.15, -0.1) is 0 Å². The third-order valence-electron chi connectivity index (χ3n) is 5.25. The van der Waals surface area contributed by atoms with Crippen LogP contribution in [0.3, 0.4) is 0 Å². The molecule has 6 nitrogen and oxygen atoms in total. The Hall–Kier alpha value is -1.57. The van der Waals surface area contributed by atoms with E-state index >= 15 is 0 Å². The molecule has 1 unspecified atom stereocenters. The van der Waals surface area contributed by atoms with Crippen LogP contribution in [0.2, 0.25) is 0 Å². The summed E-state index contributed by atoms with van der Waals surface area (Å²) in [6, 6.07) is 5.97. The zero-order valence-electron chi connectivity index (χ0n) is 15.1. The van der Waals surface area contributed by atoms with Crippen molar-refractivity contribution in [2.45, 2.75) is 37.0 Å². The number of rotatable bonds is 4. The first-order valence-electron chi connectivity index (χ1n) is 9.28. The molecular weight excluding hydrogens is 350 g/mol. The van der Waals surface area contributed by atoms with Crippen LogP contribution in [-0.2, 0) is 15.9 Å². The van der Waals surface area contributed by atoms with Gasteiger partial charge in [0.05, 0.1) is 30.4 Å². The minimum absolute atomic E-state index is 0.130. The number of fused-ring (bicyclic) bond motifs is 1. The summed E-state index contributed by atoms with van der Waals surface area (Å²) in [5.41, 5.74) is 0.905. The Morgan fingerprint density at radius 3 is 2.73 bits per heavy atom. The van der Waals surface area contributed by atoms with Crippen LogP contribution in [-0.4, -0.2) is 58.4 Å². The van der Waals surface area contributed by atoms with Gasteiger partial charge in [0.1, 0.15) is 17.2 Å². The third kappa shape index (κ3) is 3.89. The summed E-state index contributed by atoms with van der Waals surface area (Å²) in [7, 11) is 0. The highest BCUT2D eigenvalue weighted by molar-refractivity contribution is 7.91. The molecule has 0 amide bonds. The maximum atomic E-state index is 11.7. The molecule has 0 spiro atoms. The Labute approximate surface area is 157 Å². The molecule has 0 radical (unpaired) electrons. The number of pyridine rings is 2. The molecule has 1 atom stereocenters. The first-order valence-corrected chi connectivity index (χ1v) is 10.9. The van der Waals surface area contributed by atoms with E-state index in [9.17, 15) is 4.55 Å². The topological polar surface area (TPSA) is 70.5 Å². The molecule has 2 aromatic rings. The number of morpholine rings is 1. The van der Waals surface area contributed by atoms with Crippen LogP contribution in [0, 0.1) is 0 Å². The Bertz CT molecular complexity index is 744.